The molecule has 4 rings (SSSR count). The Hall–Kier alpha value is -1.37. The number of aromatic amines is 1. The van der Waals surface area contributed by atoms with Crippen LogP contribution in [-0.4, -0.2) is 52.2 Å². The maximum Gasteiger partial charge on any atom is 0.255 e. The van der Waals surface area contributed by atoms with Gasteiger partial charge in [-0.05, 0) is 44.2 Å². The number of likely N-dealkylation sites (tertiary alicyclic amines) is 1. The molecular formula is C16H23Cl2N5O. The molecule has 1 spiro atoms. The second-order valence-corrected chi connectivity index (χ2v) is 6.66. The highest BCUT2D eigenvalue weighted by Gasteiger charge is 2.38. The second kappa shape index (κ2) is 7.25. The third-order valence-corrected chi connectivity index (χ3v) is 5.29. The number of aromatic nitrogens is 3. The molecule has 2 fully saturated rings. The van der Waals surface area contributed by atoms with Gasteiger partial charge in [-0.3, -0.25) is 9.89 Å². The van der Waals surface area contributed by atoms with Crippen molar-refractivity contribution in [2.24, 2.45) is 5.41 Å². The van der Waals surface area contributed by atoms with Gasteiger partial charge in [0.1, 0.15) is 0 Å². The summed E-state index contributed by atoms with van der Waals surface area (Å²) >= 11 is 0. The third kappa shape index (κ3) is 3.23. The van der Waals surface area contributed by atoms with E-state index in [9.17, 15) is 4.79 Å². The number of hydrogen-bond acceptors (Lipinski definition) is 4. The van der Waals surface area contributed by atoms with Crippen LogP contribution in [-0.2, 0) is 0 Å². The number of piperidine rings is 1. The zero-order chi connectivity index (χ0) is 15.2. The molecule has 0 unspecified atom stereocenters. The Kier molecular flexibility index (Phi) is 5.73. The number of rotatable bonds is 1. The van der Waals surface area contributed by atoms with Crippen molar-refractivity contribution in [2.45, 2.75) is 26.2 Å². The maximum atomic E-state index is 12.7. The predicted molar refractivity (Wildman–Crippen MR) is 98.2 cm³/mol. The summed E-state index contributed by atoms with van der Waals surface area (Å²) < 4.78 is 0. The van der Waals surface area contributed by atoms with E-state index in [0.717, 1.165) is 50.1 Å². The lowest BCUT2D eigenvalue weighted by Crippen LogP contribution is -2.44. The van der Waals surface area contributed by atoms with Crippen molar-refractivity contribution in [3.63, 3.8) is 0 Å². The highest BCUT2D eigenvalue weighted by Crippen LogP contribution is 2.37. The summed E-state index contributed by atoms with van der Waals surface area (Å²) in [7, 11) is 0. The molecular weight excluding hydrogens is 349 g/mol. The van der Waals surface area contributed by atoms with Crippen molar-refractivity contribution in [3.05, 3.63) is 23.5 Å². The number of amides is 1. The van der Waals surface area contributed by atoms with Crippen molar-refractivity contribution in [2.75, 3.05) is 26.2 Å². The topological polar surface area (TPSA) is 73.9 Å². The van der Waals surface area contributed by atoms with Gasteiger partial charge >= 0.3 is 0 Å². The molecule has 0 radical (unpaired) electrons. The fraction of sp³-hybridized carbons (Fsp3) is 0.562. The minimum absolute atomic E-state index is 0. The van der Waals surface area contributed by atoms with Gasteiger partial charge in [-0.25, -0.2) is 4.98 Å². The predicted octanol–water partition coefficient (Wildman–Crippen LogP) is 2.33. The third-order valence-electron chi connectivity index (χ3n) is 5.29. The lowest BCUT2D eigenvalue weighted by atomic mass is 9.78. The van der Waals surface area contributed by atoms with E-state index in [1.165, 1.54) is 6.42 Å². The molecule has 2 aliphatic rings. The normalized spacial score (nSPS) is 19.1. The number of aryl methyl sites for hydroxylation is 1. The number of nitrogens with one attached hydrogen (secondary N) is 2. The van der Waals surface area contributed by atoms with Crippen LogP contribution >= 0.6 is 24.8 Å². The Morgan fingerprint density at radius 2 is 2.00 bits per heavy atom. The minimum atomic E-state index is 0. The van der Waals surface area contributed by atoms with Crippen molar-refractivity contribution < 1.29 is 4.79 Å². The monoisotopic (exact) mass is 371 g/mol. The van der Waals surface area contributed by atoms with E-state index in [4.69, 9.17) is 0 Å². The maximum absolute atomic E-state index is 12.7. The molecule has 132 valence electrons. The van der Waals surface area contributed by atoms with E-state index >= 15 is 0 Å². The first-order valence-corrected chi connectivity index (χ1v) is 7.98. The van der Waals surface area contributed by atoms with Gasteiger partial charge in [0.2, 0.25) is 0 Å². The standard InChI is InChI=1S/C16H21N5O.2ClH/c1-11-13-8-12(9-18-14(13)20-19-11)15(22)21-6-3-16(4-7-21)2-5-17-10-16;;/h8-9,17H,2-7,10H2,1H3,(H,18,19,20);2*1H. The Labute approximate surface area is 153 Å². The first-order chi connectivity index (χ1) is 10.7. The van der Waals surface area contributed by atoms with Crippen LogP contribution in [0.4, 0.5) is 0 Å². The van der Waals surface area contributed by atoms with Gasteiger partial charge in [-0.2, -0.15) is 5.10 Å². The molecule has 2 N–H and O–H groups in total. The van der Waals surface area contributed by atoms with Gasteiger partial charge in [0.25, 0.3) is 5.91 Å². The summed E-state index contributed by atoms with van der Waals surface area (Å²) in [6, 6.07) is 1.91. The molecule has 0 saturated carbocycles. The summed E-state index contributed by atoms with van der Waals surface area (Å²) in [5.74, 6) is 0.0933. The van der Waals surface area contributed by atoms with Gasteiger partial charge in [0.05, 0.1) is 5.56 Å². The molecule has 2 aromatic heterocycles. The first kappa shape index (κ1) is 19.0. The molecule has 0 atom stereocenters. The van der Waals surface area contributed by atoms with Crippen LogP contribution in [0.5, 0.6) is 0 Å². The van der Waals surface area contributed by atoms with Crippen molar-refractivity contribution >= 4 is 41.8 Å². The average molecular weight is 372 g/mol. The van der Waals surface area contributed by atoms with Crippen LogP contribution in [0, 0.1) is 12.3 Å². The lowest BCUT2D eigenvalue weighted by Gasteiger charge is -2.38. The molecule has 2 aromatic rings. The highest BCUT2D eigenvalue weighted by molar-refractivity contribution is 5.97. The van der Waals surface area contributed by atoms with E-state index in [0.29, 0.717) is 16.6 Å². The summed E-state index contributed by atoms with van der Waals surface area (Å²) in [5, 5.41) is 11.4. The van der Waals surface area contributed by atoms with E-state index in [1.807, 2.05) is 17.9 Å². The van der Waals surface area contributed by atoms with Gasteiger partial charge in [0.15, 0.2) is 5.65 Å². The van der Waals surface area contributed by atoms with Crippen LogP contribution in [0.25, 0.3) is 11.0 Å². The number of nitrogens with zero attached hydrogens (tertiary/aromatic N) is 3. The van der Waals surface area contributed by atoms with Gasteiger partial charge < -0.3 is 10.2 Å². The second-order valence-electron chi connectivity index (χ2n) is 6.66. The Balaban J connectivity index is 0.00000104. The van der Waals surface area contributed by atoms with Crippen molar-refractivity contribution in [1.82, 2.24) is 25.4 Å². The molecule has 2 saturated heterocycles. The van der Waals surface area contributed by atoms with Crippen molar-refractivity contribution in [1.29, 1.82) is 0 Å². The molecule has 2 aliphatic heterocycles. The summed E-state index contributed by atoms with van der Waals surface area (Å²) in [5.41, 5.74) is 2.72. The van der Waals surface area contributed by atoms with E-state index in [-0.39, 0.29) is 30.7 Å². The molecule has 0 aliphatic carbocycles. The molecule has 6 nitrogen and oxygen atoms in total. The lowest BCUT2D eigenvalue weighted by molar-refractivity contribution is 0.0607. The van der Waals surface area contributed by atoms with Crippen LogP contribution in [0.15, 0.2) is 12.3 Å². The van der Waals surface area contributed by atoms with Crippen molar-refractivity contribution in [3.8, 4) is 0 Å². The van der Waals surface area contributed by atoms with E-state index in [2.05, 4.69) is 20.5 Å². The molecule has 8 heteroatoms. The number of H-pyrrole nitrogens is 1. The SMILES string of the molecule is Cc1[nH]nc2ncc(C(=O)N3CCC4(CCNC4)CC3)cc12.Cl.Cl. The van der Waals surface area contributed by atoms with Crippen LogP contribution in [0.3, 0.4) is 0 Å². The zero-order valence-electron chi connectivity index (χ0n) is 13.7. The number of hydrogen-bond donors (Lipinski definition) is 2. The highest BCUT2D eigenvalue weighted by atomic mass is 35.5. The number of pyridine rings is 1. The summed E-state index contributed by atoms with van der Waals surface area (Å²) in [4.78, 5) is 19.0. The number of carbonyl (C=O) groups excluding carboxylic acids is 1. The molecule has 24 heavy (non-hydrogen) atoms. The first-order valence-electron chi connectivity index (χ1n) is 7.98. The van der Waals surface area contributed by atoms with E-state index in [1.54, 1.807) is 6.20 Å². The number of halogens is 2. The van der Waals surface area contributed by atoms with Crippen LogP contribution in [0.1, 0.15) is 35.3 Å². The van der Waals surface area contributed by atoms with Crippen LogP contribution < -0.4 is 5.32 Å². The number of carbonyl (C=O) groups is 1. The Morgan fingerprint density at radius 3 is 2.67 bits per heavy atom. The largest absolute Gasteiger partial charge is 0.339 e. The molecule has 0 aromatic carbocycles. The quantitative estimate of drug-likeness (QED) is 0.806. The fourth-order valence-corrected chi connectivity index (χ4v) is 3.73. The fourth-order valence-electron chi connectivity index (χ4n) is 3.73. The van der Waals surface area contributed by atoms with Crippen LogP contribution in [0.2, 0.25) is 0 Å². The molecule has 4 heterocycles. The van der Waals surface area contributed by atoms with Gasteiger partial charge in [0, 0.05) is 36.9 Å². The van der Waals surface area contributed by atoms with Gasteiger partial charge in [-0.15, -0.1) is 24.8 Å². The minimum Gasteiger partial charge on any atom is -0.339 e. The molecule has 1 amide bonds. The van der Waals surface area contributed by atoms with E-state index < -0.39 is 0 Å². The summed E-state index contributed by atoms with van der Waals surface area (Å²) in [6.07, 6.45) is 5.10. The average Bonchev–Trinajstić information content (AvgIpc) is 3.15. The summed E-state index contributed by atoms with van der Waals surface area (Å²) in [6.45, 7) is 5.87. The molecule has 0 bridgehead atoms. The zero-order valence-corrected chi connectivity index (χ0v) is 15.3. The smallest absolute Gasteiger partial charge is 0.255 e. The number of fused-ring (bicyclic) bond motifs is 1. The Bertz CT molecular complexity index is 716. The Morgan fingerprint density at radius 1 is 1.25 bits per heavy atom. The van der Waals surface area contributed by atoms with Gasteiger partial charge in [-0.1, -0.05) is 0 Å².